The Labute approximate surface area is 116 Å². The van der Waals surface area contributed by atoms with Crippen LogP contribution in [-0.2, 0) is 9.53 Å². The van der Waals surface area contributed by atoms with Gasteiger partial charge in [-0.2, -0.15) is 0 Å². The van der Waals surface area contributed by atoms with E-state index >= 15 is 0 Å². The van der Waals surface area contributed by atoms with Gasteiger partial charge in [0.15, 0.2) is 0 Å². The molecule has 0 aromatic rings. The van der Waals surface area contributed by atoms with Crippen LogP contribution in [0.15, 0.2) is 0 Å². The van der Waals surface area contributed by atoms with E-state index in [1.165, 1.54) is 19.3 Å². The van der Waals surface area contributed by atoms with Crippen molar-refractivity contribution in [3.05, 3.63) is 0 Å². The molecule has 2 saturated heterocycles. The Morgan fingerprint density at radius 2 is 2.32 bits per heavy atom. The summed E-state index contributed by atoms with van der Waals surface area (Å²) in [7, 11) is 0. The Kier molecular flexibility index (Phi) is 6.11. The first kappa shape index (κ1) is 14.8. The summed E-state index contributed by atoms with van der Waals surface area (Å²) in [5, 5.41) is 6.51. The zero-order valence-electron chi connectivity index (χ0n) is 12.1. The minimum atomic E-state index is 0.212. The Bertz CT molecular complexity index is 271. The van der Waals surface area contributed by atoms with Gasteiger partial charge in [-0.3, -0.25) is 4.79 Å². The summed E-state index contributed by atoms with van der Waals surface area (Å²) >= 11 is 0. The van der Waals surface area contributed by atoms with Gasteiger partial charge < -0.3 is 15.4 Å². The average molecular weight is 268 g/mol. The van der Waals surface area contributed by atoms with Crippen molar-refractivity contribution in [3.63, 3.8) is 0 Å². The highest BCUT2D eigenvalue weighted by molar-refractivity contribution is 5.76. The van der Waals surface area contributed by atoms with Gasteiger partial charge in [0, 0.05) is 19.6 Å². The van der Waals surface area contributed by atoms with Gasteiger partial charge in [0.25, 0.3) is 0 Å². The molecule has 110 valence electrons. The number of ether oxygens (including phenoxy) is 1. The summed E-state index contributed by atoms with van der Waals surface area (Å²) in [4.78, 5) is 12.0. The number of amides is 1. The highest BCUT2D eigenvalue weighted by Gasteiger charge is 2.22. The number of rotatable bonds is 5. The molecule has 2 aliphatic rings. The first-order valence-corrected chi connectivity index (χ1v) is 7.81. The van der Waals surface area contributed by atoms with E-state index in [9.17, 15) is 4.79 Å². The highest BCUT2D eigenvalue weighted by Crippen LogP contribution is 2.22. The summed E-state index contributed by atoms with van der Waals surface area (Å²) in [5.74, 6) is 1.88. The van der Waals surface area contributed by atoms with Gasteiger partial charge in [-0.05, 0) is 56.5 Å². The SMILES string of the molecule is CC(CC(=O)NCC1CCCOC1)C1CCCNC1. The van der Waals surface area contributed by atoms with Crippen molar-refractivity contribution in [2.24, 2.45) is 17.8 Å². The first-order valence-electron chi connectivity index (χ1n) is 7.81. The zero-order chi connectivity index (χ0) is 13.5. The van der Waals surface area contributed by atoms with Crippen LogP contribution in [0.1, 0.15) is 39.0 Å². The molecular weight excluding hydrogens is 240 g/mol. The molecule has 4 nitrogen and oxygen atoms in total. The highest BCUT2D eigenvalue weighted by atomic mass is 16.5. The molecule has 2 heterocycles. The number of piperidine rings is 1. The fourth-order valence-electron chi connectivity index (χ4n) is 3.12. The molecule has 0 spiro atoms. The standard InChI is InChI=1S/C15H28N2O2/c1-12(14-5-2-6-16-10-14)8-15(18)17-9-13-4-3-7-19-11-13/h12-14,16H,2-11H2,1H3,(H,17,18). The van der Waals surface area contributed by atoms with Gasteiger partial charge in [0.2, 0.25) is 5.91 Å². The number of carbonyl (C=O) groups excluding carboxylic acids is 1. The third kappa shape index (κ3) is 5.11. The molecule has 19 heavy (non-hydrogen) atoms. The molecule has 0 aromatic heterocycles. The molecule has 2 N–H and O–H groups in total. The summed E-state index contributed by atoms with van der Waals surface area (Å²) in [5.41, 5.74) is 0. The monoisotopic (exact) mass is 268 g/mol. The molecule has 0 saturated carbocycles. The van der Waals surface area contributed by atoms with E-state index in [2.05, 4.69) is 17.6 Å². The number of nitrogens with one attached hydrogen (secondary N) is 2. The lowest BCUT2D eigenvalue weighted by molar-refractivity contribution is -0.122. The van der Waals surface area contributed by atoms with Crippen LogP contribution in [0.2, 0.25) is 0 Å². The van der Waals surface area contributed by atoms with Crippen molar-refractivity contribution >= 4 is 5.91 Å². The quantitative estimate of drug-likeness (QED) is 0.795. The second-order valence-electron chi connectivity index (χ2n) is 6.18. The Morgan fingerprint density at radius 3 is 3.00 bits per heavy atom. The number of carbonyl (C=O) groups is 1. The van der Waals surface area contributed by atoms with Crippen molar-refractivity contribution < 1.29 is 9.53 Å². The van der Waals surface area contributed by atoms with Crippen LogP contribution in [0.3, 0.4) is 0 Å². The molecule has 0 radical (unpaired) electrons. The molecule has 4 heteroatoms. The first-order chi connectivity index (χ1) is 9.25. The van der Waals surface area contributed by atoms with Gasteiger partial charge in [-0.15, -0.1) is 0 Å². The Balaban J connectivity index is 1.62. The molecule has 2 rings (SSSR count). The zero-order valence-corrected chi connectivity index (χ0v) is 12.1. The smallest absolute Gasteiger partial charge is 0.220 e. The molecule has 3 unspecified atom stereocenters. The molecule has 2 aliphatic heterocycles. The van der Waals surface area contributed by atoms with Crippen LogP contribution >= 0.6 is 0 Å². The third-order valence-corrected chi connectivity index (χ3v) is 4.49. The maximum Gasteiger partial charge on any atom is 0.220 e. The topological polar surface area (TPSA) is 50.4 Å². The molecule has 2 fully saturated rings. The lowest BCUT2D eigenvalue weighted by atomic mass is 9.85. The fraction of sp³-hybridized carbons (Fsp3) is 0.933. The summed E-state index contributed by atoms with van der Waals surface area (Å²) in [6, 6.07) is 0. The average Bonchev–Trinajstić information content (AvgIpc) is 2.47. The number of hydrogen-bond donors (Lipinski definition) is 2. The van der Waals surface area contributed by atoms with Crippen molar-refractivity contribution in [1.29, 1.82) is 0 Å². The van der Waals surface area contributed by atoms with Crippen molar-refractivity contribution in [2.45, 2.75) is 39.0 Å². The predicted octanol–water partition coefficient (Wildman–Crippen LogP) is 1.56. The van der Waals surface area contributed by atoms with Gasteiger partial charge in [-0.25, -0.2) is 0 Å². The lowest BCUT2D eigenvalue weighted by Gasteiger charge is -2.28. The minimum Gasteiger partial charge on any atom is -0.381 e. The normalized spacial score (nSPS) is 29.7. The third-order valence-electron chi connectivity index (χ3n) is 4.49. The van der Waals surface area contributed by atoms with E-state index in [-0.39, 0.29) is 5.91 Å². The van der Waals surface area contributed by atoms with E-state index in [1.807, 2.05) is 0 Å². The minimum absolute atomic E-state index is 0.212. The second-order valence-corrected chi connectivity index (χ2v) is 6.18. The van der Waals surface area contributed by atoms with Crippen LogP contribution in [0, 0.1) is 17.8 Å². The van der Waals surface area contributed by atoms with Gasteiger partial charge >= 0.3 is 0 Å². The van der Waals surface area contributed by atoms with Crippen LogP contribution < -0.4 is 10.6 Å². The van der Waals surface area contributed by atoms with E-state index < -0.39 is 0 Å². The van der Waals surface area contributed by atoms with E-state index in [0.29, 0.717) is 24.2 Å². The summed E-state index contributed by atoms with van der Waals surface area (Å²) < 4.78 is 5.43. The maximum absolute atomic E-state index is 12.0. The van der Waals surface area contributed by atoms with Crippen molar-refractivity contribution in [1.82, 2.24) is 10.6 Å². The molecular formula is C15H28N2O2. The van der Waals surface area contributed by atoms with Gasteiger partial charge in [0.05, 0.1) is 6.61 Å². The number of hydrogen-bond acceptors (Lipinski definition) is 3. The van der Waals surface area contributed by atoms with Crippen LogP contribution in [-0.4, -0.2) is 38.8 Å². The van der Waals surface area contributed by atoms with Crippen molar-refractivity contribution in [3.8, 4) is 0 Å². The molecule has 3 atom stereocenters. The van der Waals surface area contributed by atoms with Crippen molar-refractivity contribution in [2.75, 3.05) is 32.8 Å². The predicted molar refractivity (Wildman–Crippen MR) is 75.9 cm³/mol. The fourth-order valence-corrected chi connectivity index (χ4v) is 3.12. The van der Waals surface area contributed by atoms with E-state index in [4.69, 9.17) is 4.74 Å². The lowest BCUT2D eigenvalue weighted by Crippen LogP contribution is -2.37. The van der Waals surface area contributed by atoms with E-state index in [1.54, 1.807) is 0 Å². The molecule has 0 bridgehead atoms. The Morgan fingerprint density at radius 1 is 1.42 bits per heavy atom. The second kappa shape index (κ2) is 7.85. The molecule has 0 aromatic carbocycles. The largest absolute Gasteiger partial charge is 0.381 e. The van der Waals surface area contributed by atoms with Gasteiger partial charge in [-0.1, -0.05) is 6.92 Å². The van der Waals surface area contributed by atoms with E-state index in [0.717, 1.165) is 39.3 Å². The maximum atomic E-state index is 12.0. The summed E-state index contributed by atoms with van der Waals surface area (Å²) in [6.45, 7) is 6.90. The van der Waals surface area contributed by atoms with Crippen LogP contribution in [0.5, 0.6) is 0 Å². The molecule has 1 amide bonds. The van der Waals surface area contributed by atoms with Gasteiger partial charge in [0.1, 0.15) is 0 Å². The van der Waals surface area contributed by atoms with Crippen LogP contribution in [0.25, 0.3) is 0 Å². The Hall–Kier alpha value is -0.610. The van der Waals surface area contributed by atoms with Crippen LogP contribution in [0.4, 0.5) is 0 Å². The molecule has 0 aliphatic carbocycles. The summed E-state index contributed by atoms with van der Waals surface area (Å²) in [6.07, 6.45) is 5.49.